The molecule has 0 heterocycles. The van der Waals surface area contributed by atoms with E-state index in [1.807, 2.05) is 24.9 Å². The summed E-state index contributed by atoms with van der Waals surface area (Å²) in [5.74, 6) is 1.63. The first-order valence-electron chi connectivity index (χ1n) is 6.18. The maximum atomic E-state index is 13.3. The lowest BCUT2D eigenvalue weighted by Crippen LogP contribution is -2.13. The van der Waals surface area contributed by atoms with Gasteiger partial charge in [0.25, 0.3) is 0 Å². The zero-order chi connectivity index (χ0) is 12.8. The Labute approximate surface area is 108 Å². The third-order valence-electron chi connectivity index (χ3n) is 3.09. The molecule has 0 bridgehead atoms. The number of benzene rings is 1. The molecule has 1 rings (SSSR count). The summed E-state index contributed by atoms with van der Waals surface area (Å²) in [5.41, 5.74) is 1.06. The summed E-state index contributed by atoms with van der Waals surface area (Å²) in [5, 5.41) is 3.17. The Balaban J connectivity index is 2.83. The third kappa shape index (κ3) is 4.32. The summed E-state index contributed by atoms with van der Waals surface area (Å²) in [4.78, 5) is 1.19. The average Bonchev–Trinajstić information content (AvgIpc) is 2.35. The van der Waals surface area contributed by atoms with Crippen molar-refractivity contribution in [2.75, 3.05) is 12.8 Å². The molecule has 0 aliphatic carbocycles. The van der Waals surface area contributed by atoms with Crippen molar-refractivity contribution in [3.63, 3.8) is 0 Å². The molecular weight excluding hydrogens is 233 g/mol. The standard InChI is InChI=1S/C14H22FNS/c1-5-10(2)9-17-14-7-6-12(15)8-13(14)11(3)16-4/h6-8,10-11,16H,5,9H2,1-4H3. The van der Waals surface area contributed by atoms with Crippen molar-refractivity contribution in [3.8, 4) is 0 Å². The molecule has 17 heavy (non-hydrogen) atoms. The summed E-state index contributed by atoms with van der Waals surface area (Å²) < 4.78 is 13.3. The molecule has 0 saturated carbocycles. The van der Waals surface area contributed by atoms with Crippen LogP contribution in [0.2, 0.25) is 0 Å². The van der Waals surface area contributed by atoms with Crippen molar-refractivity contribution in [1.82, 2.24) is 5.32 Å². The normalized spacial score (nSPS) is 14.6. The van der Waals surface area contributed by atoms with E-state index in [0.29, 0.717) is 5.92 Å². The van der Waals surface area contributed by atoms with Crippen LogP contribution >= 0.6 is 11.8 Å². The van der Waals surface area contributed by atoms with Crippen LogP contribution in [0.4, 0.5) is 4.39 Å². The van der Waals surface area contributed by atoms with Gasteiger partial charge in [0.1, 0.15) is 5.82 Å². The van der Waals surface area contributed by atoms with Gasteiger partial charge in [-0.3, -0.25) is 0 Å². The van der Waals surface area contributed by atoms with Gasteiger partial charge in [-0.1, -0.05) is 20.3 Å². The highest BCUT2D eigenvalue weighted by molar-refractivity contribution is 7.99. The fraction of sp³-hybridized carbons (Fsp3) is 0.571. The molecule has 0 amide bonds. The first kappa shape index (κ1) is 14.5. The van der Waals surface area contributed by atoms with Crippen LogP contribution in [0, 0.1) is 11.7 Å². The van der Waals surface area contributed by atoms with Gasteiger partial charge in [0, 0.05) is 16.7 Å². The van der Waals surface area contributed by atoms with Crippen molar-refractivity contribution in [2.45, 2.75) is 38.1 Å². The van der Waals surface area contributed by atoms with Gasteiger partial charge in [-0.2, -0.15) is 0 Å². The number of hydrogen-bond acceptors (Lipinski definition) is 2. The SMILES string of the molecule is CCC(C)CSc1ccc(F)cc1C(C)NC. The highest BCUT2D eigenvalue weighted by Crippen LogP contribution is 2.30. The lowest BCUT2D eigenvalue weighted by atomic mass is 10.1. The molecule has 0 aliphatic rings. The zero-order valence-corrected chi connectivity index (χ0v) is 11.9. The highest BCUT2D eigenvalue weighted by Gasteiger charge is 2.11. The molecule has 3 heteroatoms. The minimum absolute atomic E-state index is 0.157. The van der Waals surface area contributed by atoms with Crippen molar-refractivity contribution in [3.05, 3.63) is 29.6 Å². The van der Waals surface area contributed by atoms with E-state index in [9.17, 15) is 4.39 Å². The molecule has 0 aliphatic heterocycles. The van der Waals surface area contributed by atoms with Gasteiger partial charge in [-0.05, 0) is 43.7 Å². The molecule has 0 fully saturated rings. The van der Waals surface area contributed by atoms with Crippen LogP contribution in [0.1, 0.15) is 38.8 Å². The summed E-state index contributed by atoms with van der Waals surface area (Å²) in [7, 11) is 1.90. The van der Waals surface area contributed by atoms with Crippen LogP contribution in [0.3, 0.4) is 0 Å². The molecule has 1 nitrogen and oxygen atoms in total. The summed E-state index contributed by atoms with van der Waals surface area (Å²) in [6, 6.07) is 5.27. The van der Waals surface area contributed by atoms with Crippen molar-refractivity contribution >= 4 is 11.8 Å². The quantitative estimate of drug-likeness (QED) is 0.763. The van der Waals surface area contributed by atoms with Crippen molar-refractivity contribution < 1.29 is 4.39 Å². The second-order valence-corrected chi connectivity index (χ2v) is 5.58. The van der Waals surface area contributed by atoms with Crippen molar-refractivity contribution in [1.29, 1.82) is 0 Å². The smallest absolute Gasteiger partial charge is 0.123 e. The minimum atomic E-state index is -0.157. The Morgan fingerprint density at radius 1 is 1.35 bits per heavy atom. The zero-order valence-electron chi connectivity index (χ0n) is 11.1. The molecule has 96 valence electrons. The predicted molar refractivity (Wildman–Crippen MR) is 74.1 cm³/mol. The lowest BCUT2D eigenvalue weighted by molar-refractivity contribution is 0.600. The first-order chi connectivity index (χ1) is 8.08. The summed E-state index contributed by atoms with van der Waals surface area (Å²) in [6.07, 6.45) is 1.19. The predicted octanol–water partition coefficient (Wildman–Crippen LogP) is 4.24. The Morgan fingerprint density at radius 2 is 2.06 bits per heavy atom. The molecule has 2 unspecified atom stereocenters. The Hall–Kier alpha value is -0.540. The van der Waals surface area contributed by atoms with E-state index in [4.69, 9.17) is 0 Å². The van der Waals surface area contributed by atoms with Crippen LogP contribution in [0.25, 0.3) is 0 Å². The Morgan fingerprint density at radius 3 is 2.65 bits per heavy atom. The van der Waals surface area contributed by atoms with E-state index in [1.165, 1.54) is 11.3 Å². The van der Waals surface area contributed by atoms with Gasteiger partial charge in [0.2, 0.25) is 0 Å². The average molecular weight is 255 g/mol. The number of nitrogens with one attached hydrogen (secondary N) is 1. The lowest BCUT2D eigenvalue weighted by Gasteiger charge is -2.16. The van der Waals surface area contributed by atoms with E-state index >= 15 is 0 Å². The van der Waals surface area contributed by atoms with Gasteiger partial charge in [0.05, 0.1) is 0 Å². The van der Waals surface area contributed by atoms with Crippen LogP contribution < -0.4 is 5.32 Å². The van der Waals surface area contributed by atoms with Crippen LogP contribution in [-0.2, 0) is 0 Å². The van der Waals surface area contributed by atoms with Gasteiger partial charge in [0.15, 0.2) is 0 Å². The molecule has 0 saturated heterocycles. The minimum Gasteiger partial charge on any atom is -0.313 e. The monoisotopic (exact) mass is 255 g/mol. The number of hydrogen-bond donors (Lipinski definition) is 1. The molecule has 1 aromatic carbocycles. The number of rotatable bonds is 6. The number of halogens is 1. The van der Waals surface area contributed by atoms with Crippen LogP contribution in [0.15, 0.2) is 23.1 Å². The van der Waals surface area contributed by atoms with Gasteiger partial charge >= 0.3 is 0 Å². The van der Waals surface area contributed by atoms with E-state index in [0.717, 1.165) is 11.3 Å². The second-order valence-electron chi connectivity index (χ2n) is 4.52. The second kappa shape index (κ2) is 7.02. The van der Waals surface area contributed by atoms with Crippen LogP contribution in [0.5, 0.6) is 0 Å². The molecule has 0 radical (unpaired) electrons. The maximum Gasteiger partial charge on any atom is 0.123 e. The largest absolute Gasteiger partial charge is 0.313 e. The fourth-order valence-corrected chi connectivity index (χ4v) is 2.76. The molecular formula is C14H22FNS. The fourth-order valence-electron chi connectivity index (χ4n) is 1.49. The van der Waals surface area contributed by atoms with E-state index in [2.05, 4.69) is 26.1 Å². The Bertz CT molecular complexity index is 354. The van der Waals surface area contributed by atoms with E-state index < -0.39 is 0 Å². The topological polar surface area (TPSA) is 12.0 Å². The first-order valence-corrected chi connectivity index (χ1v) is 7.16. The van der Waals surface area contributed by atoms with Gasteiger partial charge in [-0.15, -0.1) is 11.8 Å². The van der Waals surface area contributed by atoms with Gasteiger partial charge in [-0.25, -0.2) is 4.39 Å². The van der Waals surface area contributed by atoms with Gasteiger partial charge < -0.3 is 5.32 Å². The summed E-state index contributed by atoms with van der Waals surface area (Å²) in [6.45, 7) is 6.51. The van der Waals surface area contributed by atoms with E-state index in [1.54, 1.807) is 12.1 Å². The van der Waals surface area contributed by atoms with E-state index in [-0.39, 0.29) is 11.9 Å². The third-order valence-corrected chi connectivity index (χ3v) is 4.51. The summed E-state index contributed by atoms with van der Waals surface area (Å²) >= 11 is 1.83. The highest BCUT2D eigenvalue weighted by atomic mass is 32.2. The molecule has 0 aromatic heterocycles. The number of thioether (sulfide) groups is 1. The Kier molecular flexibility index (Phi) is 6.00. The van der Waals surface area contributed by atoms with Crippen LogP contribution in [-0.4, -0.2) is 12.8 Å². The molecule has 1 aromatic rings. The molecule has 1 N–H and O–H groups in total. The van der Waals surface area contributed by atoms with Crippen molar-refractivity contribution in [2.24, 2.45) is 5.92 Å². The maximum absolute atomic E-state index is 13.3. The molecule has 0 spiro atoms. The molecule has 2 atom stereocenters.